The third kappa shape index (κ3) is 6.89. The Morgan fingerprint density at radius 3 is 2.71 bits per heavy atom. The number of hydrogen-bond donors (Lipinski definition) is 3. The smallest absolute Gasteiger partial charge is 0.115 e. The van der Waals surface area contributed by atoms with E-state index in [4.69, 9.17) is 14.6 Å². The minimum atomic E-state index is -1.02. The molecule has 0 aromatic carbocycles. The molecule has 0 aliphatic carbocycles. The van der Waals surface area contributed by atoms with Crippen molar-refractivity contribution in [2.75, 3.05) is 19.8 Å². The molecule has 1 rings (SSSR count). The summed E-state index contributed by atoms with van der Waals surface area (Å²) in [5.41, 5.74) is 0. The Kier molecular flexibility index (Phi) is 9.87. The molecule has 1 aliphatic heterocycles. The third-order valence-electron chi connectivity index (χ3n) is 3.75. The van der Waals surface area contributed by atoms with Gasteiger partial charge in [0.15, 0.2) is 0 Å². The SMILES string of the molecule is CCCCCCC/C=C/CO[C@H]1[C@@H]([C@@H](O)CO)OC[C@H]1O. The summed E-state index contributed by atoms with van der Waals surface area (Å²) in [7, 11) is 0. The fraction of sp³-hybridized carbons (Fsp3) is 0.875. The van der Waals surface area contributed by atoms with Gasteiger partial charge in [-0.25, -0.2) is 0 Å². The summed E-state index contributed by atoms with van der Waals surface area (Å²) in [5, 5.41) is 28.3. The molecule has 0 aromatic rings. The molecule has 5 heteroatoms. The van der Waals surface area contributed by atoms with Crippen molar-refractivity contribution in [1.82, 2.24) is 0 Å². The Balaban J connectivity index is 2.15. The maximum atomic E-state index is 9.76. The van der Waals surface area contributed by atoms with Gasteiger partial charge in [-0.05, 0) is 12.8 Å². The highest BCUT2D eigenvalue weighted by atomic mass is 16.6. The summed E-state index contributed by atoms with van der Waals surface area (Å²) >= 11 is 0. The Bertz CT molecular complexity index is 282. The molecule has 1 aliphatic rings. The van der Waals surface area contributed by atoms with Gasteiger partial charge in [-0.3, -0.25) is 0 Å². The first-order chi connectivity index (χ1) is 10.2. The first-order valence-corrected chi connectivity index (χ1v) is 8.05. The molecule has 124 valence electrons. The lowest BCUT2D eigenvalue weighted by molar-refractivity contribution is -0.0879. The highest BCUT2D eigenvalue weighted by Crippen LogP contribution is 2.20. The van der Waals surface area contributed by atoms with Gasteiger partial charge in [0.05, 0.1) is 19.8 Å². The van der Waals surface area contributed by atoms with Crippen molar-refractivity contribution in [3.63, 3.8) is 0 Å². The zero-order valence-corrected chi connectivity index (χ0v) is 13.0. The number of unbranched alkanes of at least 4 members (excludes halogenated alkanes) is 5. The van der Waals surface area contributed by atoms with Gasteiger partial charge in [-0.2, -0.15) is 0 Å². The van der Waals surface area contributed by atoms with Crippen LogP contribution in [0.4, 0.5) is 0 Å². The minimum absolute atomic E-state index is 0.132. The zero-order valence-electron chi connectivity index (χ0n) is 13.0. The van der Waals surface area contributed by atoms with Crippen molar-refractivity contribution in [3.05, 3.63) is 12.2 Å². The van der Waals surface area contributed by atoms with Crippen molar-refractivity contribution in [1.29, 1.82) is 0 Å². The van der Waals surface area contributed by atoms with Crippen molar-refractivity contribution in [3.8, 4) is 0 Å². The lowest BCUT2D eigenvalue weighted by Crippen LogP contribution is -2.42. The average molecular weight is 302 g/mol. The Morgan fingerprint density at radius 2 is 2.00 bits per heavy atom. The second kappa shape index (κ2) is 11.2. The van der Waals surface area contributed by atoms with E-state index < -0.39 is 31.0 Å². The molecule has 0 spiro atoms. The quantitative estimate of drug-likeness (QED) is 0.397. The maximum absolute atomic E-state index is 9.76. The number of aliphatic hydroxyl groups is 3. The van der Waals surface area contributed by atoms with Crippen LogP contribution in [0.15, 0.2) is 12.2 Å². The summed E-state index contributed by atoms with van der Waals surface area (Å²) in [4.78, 5) is 0. The first kappa shape index (κ1) is 18.6. The molecule has 0 unspecified atom stereocenters. The Hall–Kier alpha value is -0.460. The van der Waals surface area contributed by atoms with E-state index >= 15 is 0 Å². The molecule has 21 heavy (non-hydrogen) atoms. The van der Waals surface area contributed by atoms with E-state index in [1.165, 1.54) is 32.1 Å². The highest BCUT2D eigenvalue weighted by Gasteiger charge is 2.40. The van der Waals surface area contributed by atoms with Crippen LogP contribution < -0.4 is 0 Å². The summed E-state index contributed by atoms with van der Waals surface area (Å²) < 4.78 is 10.8. The fourth-order valence-electron chi connectivity index (χ4n) is 2.48. The van der Waals surface area contributed by atoms with Crippen LogP contribution in [0.3, 0.4) is 0 Å². The molecule has 4 atom stereocenters. The molecular formula is C16H30O5. The van der Waals surface area contributed by atoms with Gasteiger partial charge in [-0.1, -0.05) is 44.8 Å². The van der Waals surface area contributed by atoms with Crippen LogP contribution in [-0.2, 0) is 9.47 Å². The Morgan fingerprint density at radius 1 is 1.24 bits per heavy atom. The van der Waals surface area contributed by atoms with E-state index in [0.717, 1.165) is 6.42 Å². The largest absolute Gasteiger partial charge is 0.394 e. The number of hydrogen-bond acceptors (Lipinski definition) is 5. The van der Waals surface area contributed by atoms with E-state index in [0.29, 0.717) is 6.61 Å². The Labute approximate surface area is 127 Å². The number of ether oxygens (including phenoxy) is 2. The average Bonchev–Trinajstić information content (AvgIpc) is 2.86. The van der Waals surface area contributed by atoms with Gasteiger partial charge < -0.3 is 24.8 Å². The van der Waals surface area contributed by atoms with Gasteiger partial charge in [0.1, 0.15) is 24.4 Å². The maximum Gasteiger partial charge on any atom is 0.115 e. The lowest BCUT2D eigenvalue weighted by Gasteiger charge is -2.23. The third-order valence-corrected chi connectivity index (χ3v) is 3.75. The van der Waals surface area contributed by atoms with Crippen molar-refractivity contribution < 1.29 is 24.8 Å². The number of allylic oxidation sites excluding steroid dienone is 1. The number of rotatable bonds is 11. The standard InChI is InChI=1S/C16H30O5/c1-2-3-4-5-6-7-8-9-10-20-16-14(19)12-21-15(16)13(18)11-17/h8-9,13-19H,2-7,10-12H2,1H3/b9-8+/t13-,14+,15+,16+/m0/s1. The van der Waals surface area contributed by atoms with Crippen LogP contribution in [-0.4, -0.2) is 59.6 Å². The fourth-order valence-corrected chi connectivity index (χ4v) is 2.48. The van der Waals surface area contributed by atoms with Crippen LogP contribution in [0.25, 0.3) is 0 Å². The van der Waals surface area contributed by atoms with Crippen LogP contribution in [0.1, 0.15) is 45.4 Å². The molecule has 3 N–H and O–H groups in total. The van der Waals surface area contributed by atoms with Gasteiger partial charge >= 0.3 is 0 Å². The summed E-state index contributed by atoms with van der Waals surface area (Å²) in [6.45, 7) is 2.33. The zero-order chi connectivity index (χ0) is 15.5. The topological polar surface area (TPSA) is 79.2 Å². The van der Waals surface area contributed by atoms with Gasteiger partial charge in [0, 0.05) is 0 Å². The highest BCUT2D eigenvalue weighted by molar-refractivity contribution is 4.90. The predicted octanol–water partition coefficient (Wildman–Crippen LogP) is 1.40. The predicted molar refractivity (Wildman–Crippen MR) is 81.1 cm³/mol. The molecule has 0 saturated carbocycles. The van der Waals surface area contributed by atoms with Crippen molar-refractivity contribution >= 4 is 0 Å². The van der Waals surface area contributed by atoms with Gasteiger partial charge in [0.25, 0.3) is 0 Å². The van der Waals surface area contributed by atoms with Crippen molar-refractivity contribution in [2.24, 2.45) is 0 Å². The minimum Gasteiger partial charge on any atom is -0.394 e. The summed E-state index contributed by atoms with van der Waals surface area (Å²) in [5.74, 6) is 0. The monoisotopic (exact) mass is 302 g/mol. The molecule has 0 bridgehead atoms. The van der Waals surface area contributed by atoms with Gasteiger partial charge in [-0.15, -0.1) is 0 Å². The second-order valence-electron chi connectivity index (χ2n) is 5.59. The van der Waals surface area contributed by atoms with Gasteiger partial charge in [0.2, 0.25) is 0 Å². The van der Waals surface area contributed by atoms with Crippen molar-refractivity contribution in [2.45, 2.75) is 69.9 Å². The lowest BCUT2D eigenvalue weighted by atomic mass is 10.1. The molecule has 1 fully saturated rings. The molecule has 0 radical (unpaired) electrons. The molecule has 0 aromatic heterocycles. The second-order valence-corrected chi connectivity index (χ2v) is 5.59. The molecule has 1 saturated heterocycles. The van der Waals surface area contributed by atoms with E-state index in [1.807, 2.05) is 6.08 Å². The molecule has 5 nitrogen and oxygen atoms in total. The van der Waals surface area contributed by atoms with Crippen LogP contribution in [0.2, 0.25) is 0 Å². The normalized spacial score (nSPS) is 27.5. The molecule has 1 heterocycles. The molecule has 0 amide bonds. The number of aliphatic hydroxyl groups excluding tert-OH is 3. The van der Waals surface area contributed by atoms with E-state index in [9.17, 15) is 10.2 Å². The van der Waals surface area contributed by atoms with Crippen LogP contribution in [0, 0.1) is 0 Å². The van der Waals surface area contributed by atoms with E-state index in [1.54, 1.807) is 0 Å². The summed E-state index contributed by atoms with van der Waals surface area (Å²) in [6.07, 6.45) is 8.38. The summed E-state index contributed by atoms with van der Waals surface area (Å²) in [6, 6.07) is 0. The van der Waals surface area contributed by atoms with Crippen LogP contribution >= 0.6 is 0 Å². The molecular weight excluding hydrogens is 272 g/mol. The van der Waals surface area contributed by atoms with E-state index in [-0.39, 0.29) is 6.61 Å². The first-order valence-electron chi connectivity index (χ1n) is 8.05. The van der Waals surface area contributed by atoms with Crippen LogP contribution in [0.5, 0.6) is 0 Å². The van der Waals surface area contributed by atoms with E-state index in [2.05, 4.69) is 13.0 Å².